The summed E-state index contributed by atoms with van der Waals surface area (Å²) in [5.74, 6) is -0.698. The Morgan fingerprint density at radius 2 is 1.95 bits per heavy atom. The van der Waals surface area contributed by atoms with Crippen molar-refractivity contribution >= 4 is 22.9 Å². The van der Waals surface area contributed by atoms with E-state index >= 15 is 0 Å². The van der Waals surface area contributed by atoms with Crippen molar-refractivity contribution in [2.24, 2.45) is 0 Å². The fourth-order valence-corrected chi connectivity index (χ4v) is 2.31. The summed E-state index contributed by atoms with van der Waals surface area (Å²) >= 11 is 1.51. The summed E-state index contributed by atoms with van der Waals surface area (Å²) in [6.45, 7) is 0.239. The van der Waals surface area contributed by atoms with Crippen molar-refractivity contribution in [3.8, 4) is 5.75 Å². The molecule has 2 aromatic rings. The fourth-order valence-electron chi connectivity index (χ4n) is 1.66. The topological polar surface area (TPSA) is 50.4 Å². The van der Waals surface area contributed by atoms with Gasteiger partial charge in [0.1, 0.15) is 0 Å². The summed E-state index contributed by atoms with van der Waals surface area (Å²) in [6, 6.07) is 9.31. The molecule has 1 aromatic carbocycles. The molecule has 8 heteroatoms. The standard InChI is InChI=1S/C14H13F3N2O2S/c15-14(16,17)21-12-6-2-1-5-11(12)18-9-13(20)19-8-10-4-3-7-22-10/h1-7,18H,8-9H2,(H,19,20). The molecule has 2 rings (SSSR count). The van der Waals surface area contributed by atoms with Crippen molar-refractivity contribution in [1.82, 2.24) is 5.32 Å². The minimum atomic E-state index is -4.78. The summed E-state index contributed by atoms with van der Waals surface area (Å²) < 4.78 is 40.7. The molecule has 0 saturated carbocycles. The van der Waals surface area contributed by atoms with Gasteiger partial charge >= 0.3 is 6.36 Å². The first-order valence-corrected chi connectivity index (χ1v) is 7.20. The Bertz CT molecular complexity index is 615. The van der Waals surface area contributed by atoms with E-state index in [4.69, 9.17) is 0 Å². The number of ether oxygens (including phenoxy) is 1. The highest BCUT2D eigenvalue weighted by Gasteiger charge is 2.32. The van der Waals surface area contributed by atoms with Crippen molar-refractivity contribution in [3.63, 3.8) is 0 Å². The van der Waals surface area contributed by atoms with E-state index in [0.29, 0.717) is 6.54 Å². The number of halogens is 3. The molecule has 1 heterocycles. The molecule has 0 radical (unpaired) electrons. The molecule has 0 atom stereocenters. The van der Waals surface area contributed by atoms with E-state index in [1.807, 2.05) is 17.5 Å². The van der Waals surface area contributed by atoms with Gasteiger partial charge in [0.2, 0.25) is 5.91 Å². The maximum atomic E-state index is 12.3. The molecule has 22 heavy (non-hydrogen) atoms. The van der Waals surface area contributed by atoms with Crippen LogP contribution >= 0.6 is 11.3 Å². The summed E-state index contributed by atoms with van der Waals surface area (Å²) in [6.07, 6.45) is -4.78. The highest BCUT2D eigenvalue weighted by molar-refractivity contribution is 7.09. The predicted octanol–water partition coefficient (Wildman–Crippen LogP) is 3.38. The SMILES string of the molecule is O=C(CNc1ccccc1OC(F)(F)F)NCc1cccs1. The number of para-hydroxylation sites is 2. The van der Waals surface area contributed by atoms with Crippen LogP contribution in [0.4, 0.5) is 18.9 Å². The molecule has 0 spiro atoms. The van der Waals surface area contributed by atoms with Crippen LogP contribution in [0.1, 0.15) is 4.88 Å². The second-order valence-electron chi connectivity index (χ2n) is 4.25. The number of hydrogen-bond donors (Lipinski definition) is 2. The average Bonchev–Trinajstić information content (AvgIpc) is 2.96. The second kappa shape index (κ2) is 7.17. The lowest BCUT2D eigenvalue weighted by Crippen LogP contribution is -2.29. The number of rotatable bonds is 6. The molecule has 118 valence electrons. The van der Waals surface area contributed by atoms with Gasteiger partial charge < -0.3 is 15.4 Å². The average molecular weight is 330 g/mol. The van der Waals surface area contributed by atoms with E-state index in [-0.39, 0.29) is 23.9 Å². The maximum Gasteiger partial charge on any atom is 0.573 e. The predicted molar refractivity (Wildman–Crippen MR) is 77.8 cm³/mol. The van der Waals surface area contributed by atoms with Crippen molar-refractivity contribution in [2.75, 3.05) is 11.9 Å². The molecule has 0 aliphatic heterocycles. The first kappa shape index (κ1) is 16.2. The monoisotopic (exact) mass is 330 g/mol. The van der Waals surface area contributed by atoms with Gasteiger partial charge in [-0.1, -0.05) is 18.2 Å². The third-order valence-electron chi connectivity index (χ3n) is 2.59. The first-order chi connectivity index (χ1) is 10.4. The van der Waals surface area contributed by atoms with Crippen LogP contribution in [-0.4, -0.2) is 18.8 Å². The fraction of sp³-hybridized carbons (Fsp3) is 0.214. The Kier molecular flexibility index (Phi) is 5.26. The quantitative estimate of drug-likeness (QED) is 0.854. The number of thiophene rings is 1. The van der Waals surface area contributed by atoms with E-state index in [1.54, 1.807) is 6.07 Å². The Balaban J connectivity index is 1.87. The molecule has 1 aromatic heterocycles. The Morgan fingerprint density at radius 1 is 1.18 bits per heavy atom. The van der Waals surface area contributed by atoms with Crippen LogP contribution in [0.25, 0.3) is 0 Å². The normalized spacial score (nSPS) is 11.0. The summed E-state index contributed by atoms with van der Waals surface area (Å²) in [7, 11) is 0. The number of nitrogens with one attached hydrogen (secondary N) is 2. The molecule has 2 N–H and O–H groups in total. The van der Waals surface area contributed by atoms with Gasteiger partial charge in [-0.05, 0) is 23.6 Å². The number of amides is 1. The lowest BCUT2D eigenvalue weighted by molar-refractivity contribution is -0.274. The van der Waals surface area contributed by atoms with E-state index in [0.717, 1.165) is 4.88 Å². The van der Waals surface area contributed by atoms with E-state index < -0.39 is 6.36 Å². The van der Waals surface area contributed by atoms with Gasteiger partial charge in [0.25, 0.3) is 0 Å². The van der Waals surface area contributed by atoms with E-state index in [9.17, 15) is 18.0 Å². The largest absolute Gasteiger partial charge is 0.573 e. The highest BCUT2D eigenvalue weighted by atomic mass is 32.1. The van der Waals surface area contributed by atoms with Crippen LogP contribution in [0.2, 0.25) is 0 Å². The Morgan fingerprint density at radius 3 is 2.64 bits per heavy atom. The van der Waals surface area contributed by atoms with Crippen LogP contribution in [-0.2, 0) is 11.3 Å². The number of carbonyl (C=O) groups excluding carboxylic acids is 1. The van der Waals surface area contributed by atoms with Gasteiger partial charge in [-0.25, -0.2) is 0 Å². The van der Waals surface area contributed by atoms with Crippen LogP contribution in [0.3, 0.4) is 0 Å². The molecule has 4 nitrogen and oxygen atoms in total. The van der Waals surface area contributed by atoms with Gasteiger partial charge in [0.05, 0.1) is 18.8 Å². The van der Waals surface area contributed by atoms with E-state index in [2.05, 4.69) is 15.4 Å². The third-order valence-corrected chi connectivity index (χ3v) is 3.47. The molecule has 0 aliphatic rings. The van der Waals surface area contributed by atoms with Gasteiger partial charge in [-0.3, -0.25) is 4.79 Å². The molecular formula is C14H13F3N2O2S. The lowest BCUT2D eigenvalue weighted by Gasteiger charge is -2.14. The minimum absolute atomic E-state index is 0.103. The number of alkyl halides is 3. The summed E-state index contributed by atoms with van der Waals surface area (Å²) in [5.41, 5.74) is 0.103. The molecule has 0 bridgehead atoms. The number of benzene rings is 1. The first-order valence-electron chi connectivity index (χ1n) is 6.32. The zero-order valence-corrected chi connectivity index (χ0v) is 12.1. The van der Waals surface area contributed by atoms with Crippen molar-refractivity contribution in [3.05, 3.63) is 46.7 Å². The molecular weight excluding hydrogens is 317 g/mol. The molecule has 0 unspecified atom stereocenters. The second-order valence-corrected chi connectivity index (χ2v) is 5.29. The van der Waals surface area contributed by atoms with Crippen molar-refractivity contribution in [1.29, 1.82) is 0 Å². The molecule has 0 saturated heterocycles. The lowest BCUT2D eigenvalue weighted by atomic mass is 10.3. The summed E-state index contributed by atoms with van der Waals surface area (Å²) in [4.78, 5) is 12.7. The summed E-state index contributed by atoms with van der Waals surface area (Å²) in [5, 5.41) is 7.19. The molecule has 0 fully saturated rings. The van der Waals surface area contributed by atoms with Crippen LogP contribution < -0.4 is 15.4 Å². The van der Waals surface area contributed by atoms with Crippen LogP contribution in [0, 0.1) is 0 Å². The van der Waals surface area contributed by atoms with Crippen molar-refractivity contribution < 1.29 is 22.7 Å². The molecule has 0 aliphatic carbocycles. The van der Waals surface area contributed by atoms with Crippen LogP contribution in [0.15, 0.2) is 41.8 Å². The Labute approximate surface area is 128 Å². The maximum absolute atomic E-state index is 12.3. The number of hydrogen-bond acceptors (Lipinski definition) is 4. The molecule has 1 amide bonds. The zero-order chi connectivity index (χ0) is 16.0. The minimum Gasteiger partial charge on any atom is -0.404 e. The van der Waals surface area contributed by atoms with E-state index in [1.165, 1.54) is 29.5 Å². The van der Waals surface area contributed by atoms with Gasteiger partial charge in [-0.15, -0.1) is 24.5 Å². The van der Waals surface area contributed by atoms with Crippen molar-refractivity contribution in [2.45, 2.75) is 12.9 Å². The third kappa shape index (κ3) is 5.28. The smallest absolute Gasteiger partial charge is 0.404 e. The zero-order valence-electron chi connectivity index (χ0n) is 11.3. The van der Waals surface area contributed by atoms with Gasteiger partial charge in [0.15, 0.2) is 5.75 Å². The van der Waals surface area contributed by atoms with Gasteiger partial charge in [0, 0.05) is 4.88 Å². The highest BCUT2D eigenvalue weighted by Crippen LogP contribution is 2.29. The number of anilines is 1. The van der Waals surface area contributed by atoms with Gasteiger partial charge in [-0.2, -0.15) is 0 Å². The Hall–Kier alpha value is -2.22. The van der Waals surface area contributed by atoms with Crippen LogP contribution in [0.5, 0.6) is 5.75 Å². The number of carbonyl (C=O) groups is 1.